The molecule has 0 bridgehead atoms. The van der Waals surface area contributed by atoms with Gasteiger partial charge in [-0.25, -0.2) is 4.79 Å². The standard InChI is InChI=1S/C21H17NO4/c1-14-18(13-19(26-14)16-7-3-2-4-8-16)21(25)22-17-9-5-6-15(12-17)10-11-20(23)24/h2-13H,1H3,(H,22,25)(H,23,24)/b11-10+. The largest absolute Gasteiger partial charge is 0.478 e. The predicted molar refractivity (Wildman–Crippen MR) is 99.9 cm³/mol. The van der Waals surface area contributed by atoms with Crippen LogP contribution in [0.5, 0.6) is 0 Å². The average Bonchev–Trinajstić information content (AvgIpc) is 3.03. The first-order chi connectivity index (χ1) is 12.5. The SMILES string of the molecule is Cc1oc(-c2ccccc2)cc1C(=O)Nc1cccc(/C=C/C(=O)O)c1. The van der Waals surface area contributed by atoms with Gasteiger partial charge in [0, 0.05) is 17.3 Å². The first-order valence-electron chi connectivity index (χ1n) is 8.01. The van der Waals surface area contributed by atoms with Gasteiger partial charge < -0.3 is 14.8 Å². The minimum absolute atomic E-state index is 0.284. The molecule has 0 radical (unpaired) electrons. The lowest BCUT2D eigenvalue weighted by Crippen LogP contribution is -2.12. The van der Waals surface area contributed by atoms with Crippen molar-refractivity contribution in [2.45, 2.75) is 6.92 Å². The smallest absolute Gasteiger partial charge is 0.328 e. The van der Waals surface area contributed by atoms with Crippen LogP contribution in [0, 0.1) is 6.92 Å². The zero-order valence-electron chi connectivity index (χ0n) is 14.1. The van der Waals surface area contributed by atoms with E-state index < -0.39 is 5.97 Å². The Hall–Kier alpha value is -3.60. The molecule has 0 spiro atoms. The quantitative estimate of drug-likeness (QED) is 0.661. The zero-order valence-corrected chi connectivity index (χ0v) is 14.1. The van der Waals surface area contributed by atoms with Gasteiger partial charge in [-0.2, -0.15) is 0 Å². The molecule has 1 aromatic heterocycles. The van der Waals surface area contributed by atoms with Gasteiger partial charge in [-0.3, -0.25) is 4.79 Å². The molecule has 2 N–H and O–H groups in total. The molecule has 26 heavy (non-hydrogen) atoms. The second kappa shape index (κ2) is 7.53. The van der Waals surface area contributed by atoms with Crippen molar-refractivity contribution >= 4 is 23.6 Å². The fraction of sp³-hybridized carbons (Fsp3) is 0.0476. The Balaban J connectivity index is 1.80. The predicted octanol–water partition coefficient (Wildman–Crippen LogP) is 4.61. The van der Waals surface area contributed by atoms with E-state index in [1.807, 2.05) is 30.3 Å². The molecule has 0 saturated heterocycles. The Labute approximate surface area is 150 Å². The normalized spacial score (nSPS) is 10.8. The van der Waals surface area contributed by atoms with Gasteiger partial charge in [0.2, 0.25) is 0 Å². The number of nitrogens with one attached hydrogen (secondary N) is 1. The van der Waals surface area contributed by atoms with E-state index in [4.69, 9.17) is 9.52 Å². The summed E-state index contributed by atoms with van der Waals surface area (Å²) in [5.74, 6) is -0.149. The van der Waals surface area contributed by atoms with Crippen molar-refractivity contribution in [2.75, 3.05) is 5.32 Å². The Morgan fingerprint density at radius 2 is 1.81 bits per heavy atom. The second-order valence-electron chi connectivity index (χ2n) is 5.70. The van der Waals surface area contributed by atoms with E-state index in [-0.39, 0.29) is 5.91 Å². The maximum atomic E-state index is 12.6. The first kappa shape index (κ1) is 17.2. The van der Waals surface area contributed by atoms with Gasteiger partial charge in [-0.1, -0.05) is 42.5 Å². The van der Waals surface area contributed by atoms with E-state index in [1.54, 1.807) is 37.3 Å². The number of aryl methyl sites for hydroxylation is 1. The minimum Gasteiger partial charge on any atom is -0.478 e. The third-order valence-corrected chi connectivity index (χ3v) is 3.78. The fourth-order valence-corrected chi connectivity index (χ4v) is 2.54. The van der Waals surface area contributed by atoms with Crippen LogP contribution in [0.1, 0.15) is 21.7 Å². The first-order valence-corrected chi connectivity index (χ1v) is 8.01. The topological polar surface area (TPSA) is 79.5 Å². The molecule has 0 aliphatic rings. The van der Waals surface area contributed by atoms with Crippen molar-refractivity contribution < 1.29 is 19.1 Å². The lowest BCUT2D eigenvalue weighted by molar-refractivity contribution is -0.131. The van der Waals surface area contributed by atoms with Crippen LogP contribution in [0.15, 0.2) is 71.2 Å². The van der Waals surface area contributed by atoms with Gasteiger partial charge in [0.25, 0.3) is 5.91 Å². The van der Waals surface area contributed by atoms with Crippen molar-refractivity contribution in [3.8, 4) is 11.3 Å². The van der Waals surface area contributed by atoms with E-state index >= 15 is 0 Å². The Morgan fingerprint density at radius 1 is 1.04 bits per heavy atom. The summed E-state index contributed by atoms with van der Waals surface area (Å²) < 4.78 is 5.71. The monoisotopic (exact) mass is 347 g/mol. The second-order valence-corrected chi connectivity index (χ2v) is 5.70. The summed E-state index contributed by atoms with van der Waals surface area (Å²) in [4.78, 5) is 23.2. The van der Waals surface area contributed by atoms with Crippen LogP contribution in [0.25, 0.3) is 17.4 Å². The number of anilines is 1. The number of furan rings is 1. The number of hydrogen-bond acceptors (Lipinski definition) is 3. The number of hydrogen-bond donors (Lipinski definition) is 2. The fourth-order valence-electron chi connectivity index (χ4n) is 2.54. The highest BCUT2D eigenvalue weighted by Crippen LogP contribution is 2.26. The molecule has 0 aliphatic heterocycles. The number of amides is 1. The number of carboxylic acid groups (broad SMARTS) is 1. The molecule has 3 rings (SSSR count). The molecule has 5 nitrogen and oxygen atoms in total. The summed E-state index contributed by atoms with van der Waals surface area (Å²) in [5, 5.41) is 11.5. The average molecular weight is 347 g/mol. The lowest BCUT2D eigenvalue weighted by atomic mass is 10.1. The maximum Gasteiger partial charge on any atom is 0.328 e. The molecule has 0 saturated carbocycles. The summed E-state index contributed by atoms with van der Waals surface area (Å²) in [6.45, 7) is 1.74. The van der Waals surface area contributed by atoms with Crippen LogP contribution in [-0.2, 0) is 4.79 Å². The van der Waals surface area contributed by atoms with Crippen molar-refractivity contribution in [1.29, 1.82) is 0 Å². The molecule has 1 amide bonds. The highest BCUT2D eigenvalue weighted by molar-refractivity contribution is 6.05. The highest BCUT2D eigenvalue weighted by Gasteiger charge is 2.16. The van der Waals surface area contributed by atoms with Crippen LogP contribution in [0.3, 0.4) is 0 Å². The van der Waals surface area contributed by atoms with E-state index in [2.05, 4.69) is 5.32 Å². The third kappa shape index (κ3) is 4.08. The Kier molecular flexibility index (Phi) is 4.99. The van der Waals surface area contributed by atoms with Gasteiger partial charge in [-0.05, 0) is 36.8 Å². The summed E-state index contributed by atoms with van der Waals surface area (Å²) in [6, 6.07) is 18.2. The molecule has 0 atom stereocenters. The lowest BCUT2D eigenvalue weighted by Gasteiger charge is -2.05. The summed E-state index contributed by atoms with van der Waals surface area (Å²) >= 11 is 0. The molecule has 5 heteroatoms. The molecule has 130 valence electrons. The summed E-state index contributed by atoms with van der Waals surface area (Å²) in [6.07, 6.45) is 2.52. The van der Waals surface area contributed by atoms with E-state index in [0.717, 1.165) is 11.6 Å². The number of aliphatic carboxylic acids is 1. The van der Waals surface area contributed by atoms with Crippen molar-refractivity contribution in [3.63, 3.8) is 0 Å². The number of carbonyl (C=O) groups is 2. The van der Waals surface area contributed by atoms with Gasteiger partial charge in [0.05, 0.1) is 5.56 Å². The molecular formula is C21H17NO4. The van der Waals surface area contributed by atoms with Crippen LogP contribution < -0.4 is 5.32 Å². The zero-order chi connectivity index (χ0) is 18.5. The number of carboxylic acids is 1. The summed E-state index contributed by atoms with van der Waals surface area (Å²) in [7, 11) is 0. The van der Waals surface area contributed by atoms with E-state index in [1.165, 1.54) is 6.08 Å². The molecule has 0 fully saturated rings. The highest BCUT2D eigenvalue weighted by atomic mass is 16.4. The van der Waals surface area contributed by atoms with Crippen LogP contribution >= 0.6 is 0 Å². The molecule has 0 aliphatic carbocycles. The van der Waals surface area contributed by atoms with Crippen molar-refractivity contribution in [2.24, 2.45) is 0 Å². The Morgan fingerprint density at radius 3 is 2.54 bits per heavy atom. The summed E-state index contributed by atoms with van der Waals surface area (Å²) in [5.41, 5.74) is 2.61. The molecule has 1 heterocycles. The van der Waals surface area contributed by atoms with E-state index in [9.17, 15) is 9.59 Å². The van der Waals surface area contributed by atoms with Crippen molar-refractivity contribution in [1.82, 2.24) is 0 Å². The molecule has 3 aromatic rings. The van der Waals surface area contributed by atoms with Gasteiger partial charge in [0.1, 0.15) is 11.5 Å². The van der Waals surface area contributed by atoms with Crippen LogP contribution in [0.2, 0.25) is 0 Å². The molecule has 2 aromatic carbocycles. The van der Waals surface area contributed by atoms with Crippen LogP contribution in [0.4, 0.5) is 5.69 Å². The van der Waals surface area contributed by atoms with Crippen LogP contribution in [-0.4, -0.2) is 17.0 Å². The van der Waals surface area contributed by atoms with Crippen molar-refractivity contribution in [3.05, 3.63) is 83.6 Å². The maximum absolute atomic E-state index is 12.6. The van der Waals surface area contributed by atoms with E-state index in [0.29, 0.717) is 28.3 Å². The Bertz CT molecular complexity index is 971. The number of carbonyl (C=O) groups excluding carboxylic acids is 1. The molecular weight excluding hydrogens is 330 g/mol. The van der Waals surface area contributed by atoms with Gasteiger partial charge in [0.15, 0.2) is 0 Å². The van der Waals surface area contributed by atoms with Gasteiger partial charge in [-0.15, -0.1) is 0 Å². The minimum atomic E-state index is -1.03. The third-order valence-electron chi connectivity index (χ3n) is 3.78. The van der Waals surface area contributed by atoms with Gasteiger partial charge >= 0.3 is 5.97 Å². The number of rotatable bonds is 5. The molecule has 0 unspecified atom stereocenters. The number of benzene rings is 2.